The van der Waals surface area contributed by atoms with Crippen molar-refractivity contribution in [1.82, 2.24) is 9.78 Å². The minimum Gasteiger partial charge on any atom is -0.456 e. The lowest BCUT2D eigenvalue weighted by Gasteiger charge is -2.13. The highest BCUT2D eigenvalue weighted by atomic mass is 16.5. The van der Waals surface area contributed by atoms with Crippen LogP contribution in [0.5, 0.6) is 0 Å². The van der Waals surface area contributed by atoms with Gasteiger partial charge >= 0.3 is 17.7 Å². The zero-order valence-electron chi connectivity index (χ0n) is 20.1. The third kappa shape index (κ3) is 5.27. The summed E-state index contributed by atoms with van der Waals surface area (Å²) < 4.78 is 16.9. The molecule has 0 aliphatic heterocycles. The Hall–Kier alpha value is -4.47. The summed E-state index contributed by atoms with van der Waals surface area (Å²) in [5, 5.41) is 8.11. The van der Waals surface area contributed by atoms with Crippen molar-refractivity contribution in [3.05, 3.63) is 80.6 Å². The highest BCUT2D eigenvalue weighted by Crippen LogP contribution is 2.23. The summed E-state index contributed by atoms with van der Waals surface area (Å²) in [4.78, 5) is 49.7. The number of nitrogens with zero attached hydrogens (tertiary/aromatic N) is 2. The van der Waals surface area contributed by atoms with E-state index in [1.165, 1.54) is 16.8 Å². The second-order valence-electron chi connectivity index (χ2n) is 8.50. The Bertz CT molecular complexity index is 1570. The molecular formula is C26H25N3O7. The molecular weight excluding hydrogens is 466 g/mol. The number of anilines is 1. The van der Waals surface area contributed by atoms with Gasteiger partial charge in [0.1, 0.15) is 12.2 Å². The van der Waals surface area contributed by atoms with E-state index in [1.54, 1.807) is 43.3 Å². The number of rotatable bonds is 7. The summed E-state index contributed by atoms with van der Waals surface area (Å²) in [7, 11) is 0. The van der Waals surface area contributed by atoms with Crippen molar-refractivity contribution in [2.45, 2.75) is 33.9 Å². The first-order chi connectivity index (χ1) is 17.3. The van der Waals surface area contributed by atoms with Crippen molar-refractivity contribution >= 4 is 39.5 Å². The van der Waals surface area contributed by atoms with Crippen LogP contribution in [0, 0.1) is 5.92 Å². The molecule has 0 atom stereocenters. The van der Waals surface area contributed by atoms with Crippen molar-refractivity contribution in [3.63, 3.8) is 0 Å². The van der Waals surface area contributed by atoms with E-state index in [4.69, 9.17) is 13.9 Å². The van der Waals surface area contributed by atoms with Crippen LogP contribution < -0.4 is 16.5 Å². The molecule has 0 saturated heterocycles. The zero-order valence-corrected chi connectivity index (χ0v) is 20.1. The van der Waals surface area contributed by atoms with E-state index >= 15 is 0 Å². The number of ether oxygens (including phenoxy) is 2. The van der Waals surface area contributed by atoms with Crippen molar-refractivity contribution in [2.24, 2.45) is 5.92 Å². The van der Waals surface area contributed by atoms with E-state index in [0.29, 0.717) is 34.0 Å². The molecule has 0 aliphatic carbocycles. The number of amides is 1. The lowest BCUT2D eigenvalue weighted by atomic mass is 10.1. The van der Waals surface area contributed by atoms with E-state index in [-0.39, 0.29) is 36.0 Å². The first-order valence-corrected chi connectivity index (χ1v) is 11.4. The van der Waals surface area contributed by atoms with Crippen LogP contribution in [0.15, 0.2) is 62.5 Å². The second-order valence-corrected chi connectivity index (χ2v) is 8.50. The van der Waals surface area contributed by atoms with Crippen molar-refractivity contribution in [2.75, 3.05) is 11.9 Å². The van der Waals surface area contributed by atoms with Gasteiger partial charge in [-0.1, -0.05) is 32.0 Å². The lowest BCUT2D eigenvalue weighted by molar-refractivity contribution is 0.0466. The summed E-state index contributed by atoms with van der Waals surface area (Å²) in [5.41, 5.74) is 0.0833. The Morgan fingerprint density at radius 1 is 1.03 bits per heavy atom. The van der Waals surface area contributed by atoms with Gasteiger partial charge in [-0.25, -0.2) is 19.1 Å². The Balaban J connectivity index is 1.64. The number of hydrogen-bond donors (Lipinski definition) is 1. The second kappa shape index (κ2) is 10.4. The number of benzene rings is 2. The van der Waals surface area contributed by atoms with Gasteiger partial charge in [0.25, 0.3) is 5.56 Å². The van der Waals surface area contributed by atoms with E-state index < -0.39 is 17.7 Å². The normalized spacial score (nSPS) is 11.1. The molecule has 0 saturated carbocycles. The van der Waals surface area contributed by atoms with E-state index in [9.17, 15) is 19.2 Å². The maximum absolute atomic E-state index is 13.1. The number of carbonyl (C=O) groups excluding carboxylic acids is 2. The topological polar surface area (TPSA) is 130 Å². The maximum atomic E-state index is 13.1. The molecule has 0 spiro atoms. The number of esters is 1. The zero-order chi connectivity index (χ0) is 25.8. The number of aromatic nitrogens is 2. The van der Waals surface area contributed by atoms with Gasteiger partial charge in [0.15, 0.2) is 5.69 Å². The Morgan fingerprint density at radius 3 is 2.50 bits per heavy atom. The molecule has 10 heteroatoms. The molecule has 36 heavy (non-hydrogen) atoms. The number of hydrogen-bond acceptors (Lipinski definition) is 8. The quantitative estimate of drug-likeness (QED) is 0.302. The summed E-state index contributed by atoms with van der Waals surface area (Å²) >= 11 is 0. The summed E-state index contributed by atoms with van der Waals surface area (Å²) in [6.45, 7) is 5.90. The third-order valence-corrected chi connectivity index (χ3v) is 5.31. The fraction of sp³-hybridized carbons (Fsp3) is 0.269. The molecule has 186 valence electrons. The van der Waals surface area contributed by atoms with Gasteiger partial charge in [-0.05, 0) is 31.0 Å². The molecule has 2 aromatic heterocycles. The first-order valence-electron chi connectivity index (χ1n) is 11.4. The number of fused-ring (bicyclic) bond motifs is 2. The smallest absolute Gasteiger partial charge is 0.411 e. The highest BCUT2D eigenvalue weighted by Gasteiger charge is 2.19. The average Bonchev–Trinajstić information content (AvgIpc) is 2.83. The summed E-state index contributed by atoms with van der Waals surface area (Å²) in [6.07, 6.45) is -0.636. The lowest BCUT2D eigenvalue weighted by Crippen LogP contribution is -2.28. The standard InChI is InChI=1S/C26H25N3O7/c1-4-34-26(33)27-17-9-10-18-16(11-22(30)36-21(18)12-17)14-35-25(32)23-19-7-5-6-8-20(19)24(31)29(28-23)13-15(2)3/h5-12,15H,4,13-14H2,1-3H3,(H,27,33). The molecule has 0 aliphatic rings. The van der Waals surface area contributed by atoms with Crippen molar-refractivity contribution in [3.8, 4) is 0 Å². The van der Waals surface area contributed by atoms with Gasteiger partial charge in [0.2, 0.25) is 0 Å². The van der Waals surface area contributed by atoms with Crippen LogP contribution in [0.2, 0.25) is 0 Å². The largest absolute Gasteiger partial charge is 0.456 e. The van der Waals surface area contributed by atoms with Crippen LogP contribution in [0.25, 0.3) is 21.7 Å². The molecule has 4 rings (SSSR count). The van der Waals surface area contributed by atoms with Gasteiger partial charge in [0.05, 0.1) is 12.0 Å². The molecule has 2 aromatic carbocycles. The molecule has 1 N–H and O–H groups in total. The number of nitrogens with one attached hydrogen (secondary N) is 1. The van der Waals surface area contributed by atoms with Crippen LogP contribution in [-0.2, 0) is 22.6 Å². The van der Waals surface area contributed by atoms with Crippen LogP contribution in [0.1, 0.15) is 36.8 Å². The molecule has 1 amide bonds. The minimum absolute atomic E-state index is 0.0130. The predicted octanol–water partition coefficient (Wildman–Crippen LogP) is 4.08. The summed E-state index contributed by atoms with van der Waals surface area (Å²) in [6, 6.07) is 12.7. The predicted molar refractivity (Wildman–Crippen MR) is 133 cm³/mol. The van der Waals surface area contributed by atoms with Gasteiger partial charge < -0.3 is 13.9 Å². The van der Waals surface area contributed by atoms with Crippen LogP contribution in [-0.4, -0.2) is 28.4 Å². The third-order valence-electron chi connectivity index (χ3n) is 5.31. The molecule has 0 radical (unpaired) electrons. The average molecular weight is 492 g/mol. The summed E-state index contributed by atoms with van der Waals surface area (Å²) in [5.74, 6) is -0.593. The van der Waals surface area contributed by atoms with E-state index in [2.05, 4.69) is 10.4 Å². The van der Waals surface area contributed by atoms with Gasteiger partial charge in [0, 0.05) is 40.7 Å². The SMILES string of the molecule is CCOC(=O)Nc1ccc2c(COC(=O)c3nn(CC(C)C)c(=O)c4ccccc34)cc(=O)oc2c1. The number of carbonyl (C=O) groups is 2. The van der Waals surface area contributed by atoms with Crippen LogP contribution >= 0.6 is 0 Å². The highest BCUT2D eigenvalue weighted by molar-refractivity contribution is 6.02. The molecule has 4 aromatic rings. The van der Waals surface area contributed by atoms with Crippen LogP contribution in [0.4, 0.5) is 10.5 Å². The molecule has 10 nitrogen and oxygen atoms in total. The van der Waals surface area contributed by atoms with Crippen molar-refractivity contribution < 1.29 is 23.5 Å². The van der Waals surface area contributed by atoms with Crippen LogP contribution in [0.3, 0.4) is 0 Å². The Morgan fingerprint density at radius 2 is 1.78 bits per heavy atom. The van der Waals surface area contributed by atoms with Gasteiger partial charge in [-0.2, -0.15) is 5.10 Å². The molecule has 0 unspecified atom stereocenters. The maximum Gasteiger partial charge on any atom is 0.411 e. The fourth-order valence-corrected chi connectivity index (χ4v) is 3.78. The van der Waals surface area contributed by atoms with Gasteiger partial charge in [-0.15, -0.1) is 0 Å². The first kappa shape index (κ1) is 24.6. The Labute approximate surface area is 205 Å². The van der Waals surface area contributed by atoms with Crippen molar-refractivity contribution in [1.29, 1.82) is 0 Å². The van der Waals surface area contributed by atoms with E-state index in [0.717, 1.165) is 0 Å². The van der Waals surface area contributed by atoms with Gasteiger partial charge in [-0.3, -0.25) is 10.1 Å². The van der Waals surface area contributed by atoms with E-state index in [1.807, 2.05) is 13.8 Å². The fourth-order valence-electron chi connectivity index (χ4n) is 3.78. The molecule has 2 heterocycles. The monoisotopic (exact) mass is 491 g/mol. The minimum atomic E-state index is -0.731. The molecule has 0 bridgehead atoms. The molecule has 0 fully saturated rings. The Kier molecular flexibility index (Phi) is 7.14.